The zero-order valence-corrected chi connectivity index (χ0v) is 17.4. The number of hydrogen-bond acceptors (Lipinski definition) is 6. The van der Waals surface area contributed by atoms with Crippen molar-refractivity contribution in [3.8, 4) is 22.6 Å². The van der Waals surface area contributed by atoms with Crippen molar-refractivity contribution in [2.45, 2.75) is 6.92 Å². The molecule has 7 nitrogen and oxygen atoms in total. The van der Waals surface area contributed by atoms with Crippen molar-refractivity contribution in [3.05, 3.63) is 78.4 Å². The molecule has 0 atom stereocenters. The van der Waals surface area contributed by atoms with E-state index < -0.39 is 0 Å². The lowest BCUT2D eigenvalue weighted by atomic mass is 10.1. The van der Waals surface area contributed by atoms with Crippen molar-refractivity contribution < 1.29 is 4.79 Å². The number of anilines is 3. The van der Waals surface area contributed by atoms with Crippen LogP contribution < -0.4 is 10.6 Å². The molecule has 0 radical (unpaired) electrons. The Labute approximate surface area is 182 Å². The molecule has 0 unspecified atom stereocenters. The van der Waals surface area contributed by atoms with Crippen LogP contribution in [-0.4, -0.2) is 25.3 Å². The van der Waals surface area contributed by atoms with Crippen LogP contribution in [0.4, 0.5) is 17.3 Å². The monoisotopic (exact) mass is 426 g/mol. The highest BCUT2D eigenvalue weighted by atomic mass is 32.1. The number of benzene rings is 2. The van der Waals surface area contributed by atoms with Gasteiger partial charge >= 0.3 is 0 Å². The molecule has 8 heteroatoms. The van der Waals surface area contributed by atoms with Crippen LogP contribution in [0.3, 0.4) is 0 Å². The van der Waals surface area contributed by atoms with Gasteiger partial charge in [-0.05, 0) is 30.3 Å². The molecule has 0 fully saturated rings. The minimum atomic E-state index is -0.115. The molecule has 0 aliphatic heterocycles. The van der Waals surface area contributed by atoms with Crippen molar-refractivity contribution in [2.24, 2.45) is 0 Å². The average molecular weight is 427 g/mol. The van der Waals surface area contributed by atoms with Gasteiger partial charge in [-0.2, -0.15) is 0 Å². The molecule has 31 heavy (non-hydrogen) atoms. The standard InChI is InChI=1S/C23H18N6OS/c1-15(30)25-18-9-5-6-16(14-18)20-21(29-12-13-31-23(29)28-20)19-10-11-24-22(27-19)26-17-7-3-2-4-8-17/h2-14H,1H3,(H,25,30)(H,24,26,27). The molecule has 2 N–H and O–H groups in total. The first-order valence-electron chi connectivity index (χ1n) is 9.66. The third kappa shape index (κ3) is 3.88. The molecular formula is C23H18N6OS. The van der Waals surface area contributed by atoms with E-state index in [-0.39, 0.29) is 5.91 Å². The second-order valence-corrected chi connectivity index (χ2v) is 7.76. The van der Waals surface area contributed by atoms with Crippen LogP contribution in [0.15, 0.2) is 78.4 Å². The van der Waals surface area contributed by atoms with E-state index in [0.717, 1.165) is 39.0 Å². The van der Waals surface area contributed by atoms with Crippen LogP contribution in [-0.2, 0) is 4.79 Å². The van der Waals surface area contributed by atoms with Gasteiger partial charge in [0, 0.05) is 41.6 Å². The molecule has 0 saturated carbocycles. The van der Waals surface area contributed by atoms with E-state index >= 15 is 0 Å². The van der Waals surface area contributed by atoms with Gasteiger partial charge < -0.3 is 10.6 Å². The molecule has 5 aromatic rings. The summed E-state index contributed by atoms with van der Waals surface area (Å²) in [7, 11) is 0. The highest BCUT2D eigenvalue weighted by molar-refractivity contribution is 7.15. The summed E-state index contributed by atoms with van der Waals surface area (Å²) in [5.74, 6) is 0.391. The Kier molecular flexibility index (Phi) is 4.89. The summed E-state index contributed by atoms with van der Waals surface area (Å²) in [6.45, 7) is 1.49. The number of nitrogens with zero attached hydrogens (tertiary/aromatic N) is 4. The average Bonchev–Trinajstić information content (AvgIpc) is 3.36. The van der Waals surface area contributed by atoms with Gasteiger partial charge in [0.05, 0.1) is 11.4 Å². The summed E-state index contributed by atoms with van der Waals surface area (Å²) in [5.41, 5.74) is 4.95. The summed E-state index contributed by atoms with van der Waals surface area (Å²) in [5, 5.41) is 8.07. The van der Waals surface area contributed by atoms with Crippen molar-refractivity contribution in [1.29, 1.82) is 0 Å². The fourth-order valence-electron chi connectivity index (χ4n) is 3.38. The Hall–Kier alpha value is -4.04. The molecule has 1 amide bonds. The van der Waals surface area contributed by atoms with Gasteiger partial charge in [-0.15, -0.1) is 11.3 Å². The second kappa shape index (κ2) is 8.00. The minimum absolute atomic E-state index is 0.115. The van der Waals surface area contributed by atoms with E-state index in [1.54, 1.807) is 17.5 Å². The first-order valence-corrected chi connectivity index (χ1v) is 10.5. The Morgan fingerprint density at radius 3 is 2.68 bits per heavy atom. The molecule has 0 saturated heterocycles. The number of aromatic nitrogens is 4. The lowest BCUT2D eigenvalue weighted by Crippen LogP contribution is -2.05. The van der Waals surface area contributed by atoms with E-state index in [2.05, 4.69) is 15.6 Å². The number of carbonyl (C=O) groups excluding carboxylic acids is 1. The maximum Gasteiger partial charge on any atom is 0.227 e. The number of hydrogen-bond donors (Lipinski definition) is 2. The fraction of sp³-hybridized carbons (Fsp3) is 0.0435. The highest BCUT2D eigenvalue weighted by Gasteiger charge is 2.19. The Morgan fingerprint density at radius 1 is 1.00 bits per heavy atom. The van der Waals surface area contributed by atoms with Gasteiger partial charge in [-0.1, -0.05) is 30.3 Å². The van der Waals surface area contributed by atoms with E-state index in [4.69, 9.17) is 9.97 Å². The number of imidazole rings is 1. The third-order valence-corrected chi connectivity index (χ3v) is 5.40. The third-order valence-electron chi connectivity index (χ3n) is 4.65. The predicted octanol–water partition coefficient (Wildman–Crippen LogP) is 5.22. The van der Waals surface area contributed by atoms with Gasteiger partial charge in [0.15, 0.2) is 4.96 Å². The maximum atomic E-state index is 11.5. The number of nitrogens with one attached hydrogen (secondary N) is 2. The lowest BCUT2D eigenvalue weighted by molar-refractivity contribution is -0.114. The first kappa shape index (κ1) is 19.0. The van der Waals surface area contributed by atoms with Crippen LogP contribution >= 0.6 is 11.3 Å². The lowest BCUT2D eigenvalue weighted by Gasteiger charge is -2.09. The van der Waals surface area contributed by atoms with E-state index in [1.807, 2.05) is 76.6 Å². The van der Waals surface area contributed by atoms with Crippen LogP contribution in [0, 0.1) is 0 Å². The van der Waals surface area contributed by atoms with Gasteiger partial charge in [0.2, 0.25) is 11.9 Å². The molecule has 0 aliphatic carbocycles. The second-order valence-electron chi connectivity index (χ2n) is 6.88. The Bertz CT molecular complexity index is 1380. The number of fused-ring (bicyclic) bond motifs is 1. The molecule has 5 rings (SSSR count). The molecule has 152 valence electrons. The fourth-order valence-corrected chi connectivity index (χ4v) is 4.09. The van der Waals surface area contributed by atoms with Crippen LogP contribution in [0.25, 0.3) is 27.6 Å². The minimum Gasteiger partial charge on any atom is -0.326 e. The molecule has 3 aromatic heterocycles. The molecule has 0 bridgehead atoms. The summed E-state index contributed by atoms with van der Waals surface area (Å²) in [6.07, 6.45) is 3.72. The molecular weight excluding hydrogens is 408 g/mol. The molecule has 0 spiro atoms. The smallest absolute Gasteiger partial charge is 0.227 e. The zero-order chi connectivity index (χ0) is 21.2. The molecule has 2 aromatic carbocycles. The van der Waals surface area contributed by atoms with E-state index in [9.17, 15) is 4.79 Å². The normalized spacial score (nSPS) is 10.9. The van der Waals surface area contributed by atoms with Crippen molar-refractivity contribution >= 4 is 39.5 Å². The largest absolute Gasteiger partial charge is 0.326 e. The summed E-state index contributed by atoms with van der Waals surface area (Å²) < 4.78 is 2.03. The number of rotatable bonds is 5. The first-order chi connectivity index (χ1) is 15.2. The summed E-state index contributed by atoms with van der Waals surface area (Å²) in [4.78, 5) is 26.3. The van der Waals surface area contributed by atoms with Crippen molar-refractivity contribution in [1.82, 2.24) is 19.4 Å². The van der Waals surface area contributed by atoms with Gasteiger partial charge in [-0.25, -0.2) is 15.0 Å². The Morgan fingerprint density at radius 2 is 1.84 bits per heavy atom. The van der Waals surface area contributed by atoms with Crippen LogP contribution in [0.2, 0.25) is 0 Å². The summed E-state index contributed by atoms with van der Waals surface area (Å²) >= 11 is 1.56. The van der Waals surface area contributed by atoms with Gasteiger partial charge in [0.1, 0.15) is 5.69 Å². The van der Waals surface area contributed by atoms with Crippen molar-refractivity contribution in [2.75, 3.05) is 10.6 Å². The van der Waals surface area contributed by atoms with Crippen LogP contribution in [0.5, 0.6) is 0 Å². The number of carbonyl (C=O) groups is 1. The molecule has 3 heterocycles. The summed E-state index contributed by atoms with van der Waals surface area (Å²) in [6, 6.07) is 19.3. The van der Waals surface area contributed by atoms with E-state index in [1.165, 1.54) is 6.92 Å². The van der Waals surface area contributed by atoms with Gasteiger partial charge in [0.25, 0.3) is 0 Å². The number of amides is 1. The number of para-hydroxylation sites is 1. The van der Waals surface area contributed by atoms with Gasteiger partial charge in [-0.3, -0.25) is 9.20 Å². The highest BCUT2D eigenvalue weighted by Crippen LogP contribution is 2.34. The van der Waals surface area contributed by atoms with Crippen LogP contribution in [0.1, 0.15) is 6.92 Å². The van der Waals surface area contributed by atoms with Crippen molar-refractivity contribution in [3.63, 3.8) is 0 Å². The Balaban J connectivity index is 1.60. The molecule has 0 aliphatic rings. The van der Waals surface area contributed by atoms with E-state index in [0.29, 0.717) is 5.95 Å². The number of thiazole rings is 1. The topological polar surface area (TPSA) is 84.2 Å². The predicted molar refractivity (Wildman–Crippen MR) is 124 cm³/mol. The zero-order valence-electron chi connectivity index (χ0n) is 16.6. The maximum absolute atomic E-state index is 11.5. The SMILES string of the molecule is CC(=O)Nc1cccc(-c2nc3sccn3c2-c2ccnc(Nc3ccccc3)n2)c1. The quantitative estimate of drug-likeness (QED) is 0.402.